The van der Waals surface area contributed by atoms with E-state index < -0.39 is 10.0 Å². The molecule has 1 aliphatic heterocycles. The minimum absolute atomic E-state index is 0.0603. The molecule has 2 heterocycles. The molecule has 1 aromatic rings. The molecule has 0 aliphatic carbocycles. The van der Waals surface area contributed by atoms with E-state index in [0.29, 0.717) is 18.1 Å². The fraction of sp³-hybridized carbons (Fsp3) is 0.750. The van der Waals surface area contributed by atoms with Gasteiger partial charge in [-0.15, -0.1) is 0 Å². The predicted molar refractivity (Wildman–Crippen MR) is 73.4 cm³/mol. The maximum atomic E-state index is 12.8. The van der Waals surface area contributed by atoms with Gasteiger partial charge in [-0.25, -0.2) is 8.42 Å². The Balaban J connectivity index is 2.33. The van der Waals surface area contributed by atoms with Crippen molar-refractivity contribution in [2.75, 3.05) is 19.6 Å². The number of sulfonamides is 1. The molecule has 1 N–H and O–H groups in total. The van der Waals surface area contributed by atoms with Crippen LogP contribution in [0, 0.1) is 0 Å². The molecular weight excluding hydrogens is 264 g/mol. The van der Waals surface area contributed by atoms with Gasteiger partial charge in [0.1, 0.15) is 0 Å². The van der Waals surface area contributed by atoms with Crippen LogP contribution in [-0.4, -0.2) is 48.2 Å². The molecule has 1 fully saturated rings. The summed E-state index contributed by atoms with van der Waals surface area (Å²) in [5, 5.41) is 7.60. The quantitative estimate of drug-likeness (QED) is 0.834. The molecular formula is C12H22N4O2S. The molecule has 0 saturated carbocycles. The van der Waals surface area contributed by atoms with Crippen LogP contribution in [0.25, 0.3) is 0 Å². The van der Waals surface area contributed by atoms with E-state index in [1.807, 2.05) is 13.8 Å². The molecule has 0 radical (unpaired) electrons. The molecule has 6 nitrogen and oxygen atoms in total. The Labute approximate surface area is 114 Å². The van der Waals surface area contributed by atoms with Crippen molar-refractivity contribution in [1.29, 1.82) is 0 Å². The molecule has 1 aliphatic rings. The smallest absolute Gasteiger partial charge is 0.260 e. The molecule has 1 atom stereocenters. The van der Waals surface area contributed by atoms with Gasteiger partial charge >= 0.3 is 0 Å². The molecule has 0 bridgehead atoms. The number of hydrogen-bond acceptors (Lipinski definition) is 4. The van der Waals surface area contributed by atoms with Crippen LogP contribution in [0.4, 0.5) is 0 Å². The first-order valence-electron chi connectivity index (χ1n) is 6.85. The number of hydrogen-bond donors (Lipinski definition) is 1. The molecule has 0 aromatic carbocycles. The molecule has 1 aromatic heterocycles. The topological polar surface area (TPSA) is 67.2 Å². The Morgan fingerprint density at radius 3 is 2.89 bits per heavy atom. The minimum Gasteiger partial charge on any atom is -0.315 e. The third kappa shape index (κ3) is 2.82. The van der Waals surface area contributed by atoms with Crippen LogP contribution in [0.2, 0.25) is 0 Å². The largest absolute Gasteiger partial charge is 0.315 e. The molecule has 2 rings (SSSR count). The summed E-state index contributed by atoms with van der Waals surface area (Å²) < 4.78 is 28.8. The summed E-state index contributed by atoms with van der Waals surface area (Å²) in [5.41, 5.74) is 0. The first-order valence-corrected chi connectivity index (χ1v) is 8.29. The molecule has 108 valence electrons. The van der Waals surface area contributed by atoms with Gasteiger partial charge in [-0.3, -0.25) is 4.68 Å². The van der Waals surface area contributed by atoms with E-state index in [0.717, 1.165) is 25.9 Å². The van der Waals surface area contributed by atoms with E-state index in [2.05, 4.69) is 10.4 Å². The van der Waals surface area contributed by atoms with Gasteiger partial charge in [0, 0.05) is 25.7 Å². The van der Waals surface area contributed by atoms with Crippen molar-refractivity contribution in [3.63, 3.8) is 0 Å². The van der Waals surface area contributed by atoms with Crippen LogP contribution in [0.15, 0.2) is 17.3 Å². The third-order valence-electron chi connectivity index (χ3n) is 3.44. The minimum atomic E-state index is -3.45. The Morgan fingerprint density at radius 2 is 2.32 bits per heavy atom. The fourth-order valence-electron chi connectivity index (χ4n) is 2.50. The monoisotopic (exact) mass is 286 g/mol. The van der Waals surface area contributed by atoms with Gasteiger partial charge in [0.05, 0.1) is 6.20 Å². The number of nitrogens with one attached hydrogen (secondary N) is 1. The summed E-state index contributed by atoms with van der Waals surface area (Å²) in [4.78, 5) is 0. The van der Waals surface area contributed by atoms with Crippen molar-refractivity contribution in [2.45, 2.75) is 44.3 Å². The second-order valence-corrected chi connectivity index (χ2v) is 6.59. The standard InChI is InChI=1S/C12H22N4O2S/c1-3-9-16(11-5-7-13-10-11)19(17,18)12-6-8-14-15(12)4-2/h6,8,11,13H,3-5,7,9-10H2,1-2H3. The Morgan fingerprint density at radius 1 is 1.53 bits per heavy atom. The van der Waals surface area contributed by atoms with Gasteiger partial charge in [0.2, 0.25) is 0 Å². The van der Waals surface area contributed by atoms with Gasteiger partial charge in [-0.05, 0) is 32.4 Å². The van der Waals surface area contributed by atoms with Gasteiger partial charge < -0.3 is 5.32 Å². The highest BCUT2D eigenvalue weighted by atomic mass is 32.2. The first-order chi connectivity index (χ1) is 9.11. The van der Waals surface area contributed by atoms with Crippen molar-refractivity contribution < 1.29 is 8.42 Å². The van der Waals surface area contributed by atoms with Crippen molar-refractivity contribution in [3.8, 4) is 0 Å². The Hall–Kier alpha value is -0.920. The molecule has 0 spiro atoms. The predicted octanol–water partition coefficient (Wildman–Crippen LogP) is 0.666. The molecule has 0 amide bonds. The van der Waals surface area contributed by atoms with Crippen molar-refractivity contribution in [1.82, 2.24) is 19.4 Å². The van der Waals surface area contributed by atoms with Gasteiger partial charge in [-0.2, -0.15) is 9.40 Å². The highest BCUT2D eigenvalue weighted by molar-refractivity contribution is 7.89. The summed E-state index contributed by atoms with van der Waals surface area (Å²) in [6.07, 6.45) is 3.24. The molecule has 7 heteroatoms. The zero-order valence-electron chi connectivity index (χ0n) is 11.5. The van der Waals surface area contributed by atoms with E-state index in [-0.39, 0.29) is 6.04 Å². The van der Waals surface area contributed by atoms with E-state index in [1.54, 1.807) is 21.3 Å². The van der Waals surface area contributed by atoms with Gasteiger partial charge in [0.25, 0.3) is 10.0 Å². The highest BCUT2D eigenvalue weighted by Crippen LogP contribution is 2.21. The first kappa shape index (κ1) is 14.5. The highest BCUT2D eigenvalue weighted by Gasteiger charge is 2.34. The average molecular weight is 286 g/mol. The summed E-state index contributed by atoms with van der Waals surface area (Å²) in [6.45, 7) is 6.64. The lowest BCUT2D eigenvalue weighted by Crippen LogP contribution is -2.42. The van der Waals surface area contributed by atoms with Crippen molar-refractivity contribution >= 4 is 10.0 Å². The Bertz CT molecular complexity index is 506. The van der Waals surface area contributed by atoms with Crippen LogP contribution >= 0.6 is 0 Å². The van der Waals surface area contributed by atoms with Gasteiger partial charge in [0.15, 0.2) is 5.03 Å². The lowest BCUT2D eigenvalue weighted by atomic mass is 10.2. The second-order valence-electron chi connectivity index (χ2n) is 4.75. The zero-order chi connectivity index (χ0) is 13.9. The van der Waals surface area contributed by atoms with E-state index >= 15 is 0 Å². The summed E-state index contributed by atoms with van der Waals surface area (Å²) in [6, 6.07) is 1.65. The third-order valence-corrected chi connectivity index (χ3v) is 5.41. The number of nitrogens with zero attached hydrogens (tertiary/aromatic N) is 3. The number of aromatic nitrogens is 2. The number of aryl methyl sites for hydroxylation is 1. The van der Waals surface area contributed by atoms with Crippen LogP contribution in [0.1, 0.15) is 26.7 Å². The zero-order valence-corrected chi connectivity index (χ0v) is 12.4. The average Bonchev–Trinajstić information content (AvgIpc) is 3.05. The molecule has 19 heavy (non-hydrogen) atoms. The maximum Gasteiger partial charge on any atom is 0.260 e. The summed E-state index contributed by atoms with van der Waals surface area (Å²) in [5.74, 6) is 0. The summed E-state index contributed by atoms with van der Waals surface area (Å²) in [7, 11) is -3.45. The lowest BCUT2D eigenvalue weighted by Gasteiger charge is -2.27. The van der Waals surface area contributed by atoms with Crippen molar-refractivity contribution in [2.24, 2.45) is 0 Å². The molecule has 1 unspecified atom stereocenters. The van der Waals surface area contributed by atoms with Crippen LogP contribution in [-0.2, 0) is 16.6 Å². The Kier molecular flexibility index (Phi) is 4.59. The van der Waals surface area contributed by atoms with Crippen LogP contribution in [0.5, 0.6) is 0 Å². The molecule has 1 saturated heterocycles. The van der Waals surface area contributed by atoms with E-state index in [1.165, 1.54) is 0 Å². The van der Waals surface area contributed by atoms with Crippen LogP contribution < -0.4 is 5.32 Å². The van der Waals surface area contributed by atoms with E-state index in [9.17, 15) is 8.42 Å². The fourth-order valence-corrected chi connectivity index (χ4v) is 4.41. The van der Waals surface area contributed by atoms with Crippen LogP contribution in [0.3, 0.4) is 0 Å². The second kappa shape index (κ2) is 6.02. The number of rotatable bonds is 6. The maximum absolute atomic E-state index is 12.8. The van der Waals surface area contributed by atoms with Gasteiger partial charge in [-0.1, -0.05) is 6.92 Å². The van der Waals surface area contributed by atoms with E-state index in [4.69, 9.17) is 0 Å². The van der Waals surface area contributed by atoms with Crippen molar-refractivity contribution in [3.05, 3.63) is 12.3 Å². The lowest BCUT2D eigenvalue weighted by molar-refractivity contribution is 0.331. The SMILES string of the molecule is CCCN(C1CCNC1)S(=O)(=O)c1ccnn1CC. The summed E-state index contributed by atoms with van der Waals surface area (Å²) >= 11 is 0. The normalized spacial score (nSPS) is 20.3.